The van der Waals surface area contributed by atoms with Crippen molar-refractivity contribution in [1.82, 2.24) is 14.7 Å². The SMILES string of the molecule is CCn1cc(CN2C3CCC2CC(O)(c2ccc(C)cc2)C3)cn1. The number of aromatic nitrogens is 2. The van der Waals surface area contributed by atoms with Crippen molar-refractivity contribution in [1.29, 1.82) is 0 Å². The van der Waals surface area contributed by atoms with Crippen LogP contribution in [-0.4, -0.2) is 31.9 Å². The maximum Gasteiger partial charge on any atom is 0.0926 e. The molecule has 2 saturated heterocycles. The average molecular weight is 325 g/mol. The van der Waals surface area contributed by atoms with E-state index in [4.69, 9.17) is 0 Å². The predicted molar refractivity (Wildman–Crippen MR) is 94.6 cm³/mol. The average Bonchev–Trinajstić information content (AvgIpc) is 3.12. The summed E-state index contributed by atoms with van der Waals surface area (Å²) in [7, 11) is 0. The van der Waals surface area contributed by atoms with Crippen molar-refractivity contribution >= 4 is 0 Å². The Balaban J connectivity index is 1.51. The van der Waals surface area contributed by atoms with Crippen molar-refractivity contribution < 1.29 is 5.11 Å². The standard InChI is InChI=1S/C20H27N3O/c1-3-22-13-16(12-21-22)14-23-18-8-9-19(23)11-20(24,10-18)17-6-4-15(2)5-7-17/h4-7,12-13,18-19,24H,3,8-11,14H2,1-2H3. The number of benzene rings is 1. The molecule has 2 aliphatic heterocycles. The topological polar surface area (TPSA) is 41.3 Å². The van der Waals surface area contributed by atoms with Crippen LogP contribution >= 0.6 is 0 Å². The highest BCUT2D eigenvalue weighted by Gasteiger charge is 2.48. The number of aliphatic hydroxyl groups is 1. The second-order valence-electron chi connectivity index (χ2n) is 7.57. The fraction of sp³-hybridized carbons (Fsp3) is 0.550. The van der Waals surface area contributed by atoms with Gasteiger partial charge in [-0.1, -0.05) is 29.8 Å². The van der Waals surface area contributed by atoms with E-state index in [9.17, 15) is 5.11 Å². The van der Waals surface area contributed by atoms with Crippen LogP contribution in [0.1, 0.15) is 49.3 Å². The normalized spacial score (nSPS) is 30.0. The molecule has 0 amide bonds. The zero-order valence-electron chi connectivity index (χ0n) is 14.7. The molecule has 1 aromatic carbocycles. The van der Waals surface area contributed by atoms with Gasteiger partial charge in [0.2, 0.25) is 0 Å². The summed E-state index contributed by atoms with van der Waals surface area (Å²) in [5.41, 5.74) is 2.96. The van der Waals surface area contributed by atoms with Crippen molar-refractivity contribution in [2.75, 3.05) is 0 Å². The zero-order chi connectivity index (χ0) is 16.7. The van der Waals surface area contributed by atoms with E-state index in [2.05, 4.69) is 54.3 Å². The quantitative estimate of drug-likeness (QED) is 0.938. The number of fused-ring (bicyclic) bond motifs is 2. The van der Waals surface area contributed by atoms with Crippen molar-refractivity contribution in [3.05, 3.63) is 53.3 Å². The Bertz CT molecular complexity index is 692. The Kier molecular flexibility index (Phi) is 3.97. The molecule has 3 heterocycles. The van der Waals surface area contributed by atoms with E-state index in [0.29, 0.717) is 12.1 Å². The number of piperidine rings is 1. The molecule has 2 aliphatic rings. The van der Waals surface area contributed by atoms with Gasteiger partial charge in [0.1, 0.15) is 0 Å². The summed E-state index contributed by atoms with van der Waals surface area (Å²) < 4.78 is 1.99. The number of rotatable bonds is 4. The van der Waals surface area contributed by atoms with Gasteiger partial charge in [0, 0.05) is 36.9 Å². The van der Waals surface area contributed by atoms with Crippen LogP contribution in [0.3, 0.4) is 0 Å². The highest BCUT2D eigenvalue weighted by molar-refractivity contribution is 5.28. The molecule has 1 aromatic heterocycles. The lowest BCUT2D eigenvalue weighted by Gasteiger charge is -2.44. The maximum atomic E-state index is 11.3. The highest BCUT2D eigenvalue weighted by atomic mass is 16.3. The summed E-state index contributed by atoms with van der Waals surface area (Å²) in [6.45, 7) is 6.08. The number of hydrogen-bond acceptors (Lipinski definition) is 3. The van der Waals surface area contributed by atoms with Gasteiger partial charge in [0.15, 0.2) is 0 Å². The Labute approximate surface area is 144 Å². The third kappa shape index (κ3) is 2.78. The third-order valence-corrected chi connectivity index (χ3v) is 5.88. The first-order valence-corrected chi connectivity index (χ1v) is 9.14. The van der Waals surface area contributed by atoms with Crippen LogP contribution in [0.5, 0.6) is 0 Å². The molecule has 4 rings (SSSR count). The highest BCUT2D eigenvalue weighted by Crippen LogP contribution is 2.46. The van der Waals surface area contributed by atoms with Crippen molar-refractivity contribution in [2.24, 2.45) is 0 Å². The van der Waals surface area contributed by atoms with E-state index in [0.717, 1.165) is 31.5 Å². The summed E-state index contributed by atoms with van der Waals surface area (Å²) in [5, 5.41) is 15.7. The second-order valence-corrected chi connectivity index (χ2v) is 7.57. The maximum absolute atomic E-state index is 11.3. The summed E-state index contributed by atoms with van der Waals surface area (Å²) in [4.78, 5) is 2.60. The lowest BCUT2D eigenvalue weighted by Crippen LogP contribution is -2.49. The largest absolute Gasteiger partial charge is 0.385 e. The molecule has 4 nitrogen and oxygen atoms in total. The molecule has 0 saturated carbocycles. The van der Waals surface area contributed by atoms with Crippen molar-refractivity contribution in [3.8, 4) is 0 Å². The zero-order valence-corrected chi connectivity index (χ0v) is 14.7. The van der Waals surface area contributed by atoms with Crippen LogP contribution in [0.15, 0.2) is 36.7 Å². The minimum Gasteiger partial charge on any atom is -0.385 e. The van der Waals surface area contributed by atoms with Crippen LogP contribution in [0.2, 0.25) is 0 Å². The van der Waals surface area contributed by atoms with E-state index in [1.54, 1.807) is 0 Å². The Morgan fingerprint density at radius 1 is 1.17 bits per heavy atom. The van der Waals surface area contributed by atoms with E-state index in [1.165, 1.54) is 24.0 Å². The fourth-order valence-corrected chi connectivity index (χ4v) is 4.55. The number of hydrogen-bond donors (Lipinski definition) is 1. The van der Waals surface area contributed by atoms with Gasteiger partial charge in [0.25, 0.3) is 0 Å². The summed E-state index contributed by atoms with van der Waals surface area (Å²) in [5.74, 6) is 0. The summed E-state index contributed by atoms with van der Waals surface area (Å²) >= 11 is 0. The Hall–Kier alpha value is -1.65. The van der Waals surface area contributed by atoms with E-state index < -0.39 is 5.60 Å². The van der Waals surface area contributed by atoms with E-state index in [1.807, 2.05) is 10.9 Å². The first-order valence-electron chi connectivity index (χ1n) is 9.14. The molecule has 2 unspecified atom stereocenters. The second kappa shape index (κ2) is 6.01. The number of nitrogens with zero attached hydrogens (tertiary/aromatic N) is 3. The van der Waals surface area contributed by atoms with Crippen LogP contribution < -0.4 is 0 Å². The molecule has 0 spiro atoms. The molecule has 4 heteroatoms. The molecule has 2 atom stereocenters. The minimum atomic E-state index is -0.663. The molecule has 128 valence electrons. The van der Waals surface area contributed by atoms with Gasteiger partial charge in [-0.15, -0.1) is 0 Å². The molecular formula is C20H27N3O. The van der Waals surface area contributed by atoms with Crippen LogP contribution in [0.25, 0.3) is 0 Å². The fourth-order valence-electron chi connectivity index (χ4n) is 4.55. The van der Waals surface area contributed by atoms with Gasteiger partial charge in [0.05, 0.1) is 11.8 Å². The molecule has 24 heavy (non-hydrogen) atoms. The van der Waals surface area contributed by atoms with Gasteiger partial charge in [-0.3, -0.25) is 9.58 Å². The molecule has 2 bridgehead atoms. The third-order valence-electron chi connectivity index (χ3n) is 5.88. The molecule has 2 fully saturated rings. The van der Waals surface area contributed by atoms with Gasteiger partial charge in [-0.2, -0.15) is 5.10 Å². The monoisotopic (exact) mass is 325 g/mol. The summed E-state index contributed by atoms with van der Waals surface area (Å²) in [6.07, 6.45) is 8.22. The lowest BCUT2D eigenvalue weighted by atomic mass is 9.80. The van der Waals surface area contributed by atoms with E-state index in [-0.39, 0.29) is 0 Å². The molecule has 0 radical (unpaired) electrons. The molecular weight excluding hydrogens is 298 g/mol. The Morgan fingerprint density at radius 3 is 2.42 bits per heavy atom. The predicted octanol–water partition coefficient (Wildman–Crippen LogP) is 3.23. The smallest absolute Gasteiger partial charge is 0.0926 e. The van der Waals surface area contributed by atoms with Crippen LogP contribution in [-0.2, 0) is 18.7 Å². The summed E-state index contributed by atoms with van der Waals surface area (Å²) in [6, 6.07) is 9.38. The Morgan fingerprint density at radius 2 is 1.83 bits per heavy atom. The first-order chi connectivity index (χ1) is 11.6. The van der Waals surface area contributed by atoms with Crippen LogP contribution in [0.4, 0.5) is 0 Å². The molecule has 1 N–H and O–H groups in total. The van der Waals surface area contributed by atoms with Crippen molar-refractivity contribution in [2.45, 2.75) is 70.3 Å². The molecule has 0 aliphatic carbocycles. The number of aryl methyl sites for hydroxylation is 2. The van der Waals surface area contributed by atoms with Gasteiger partial charge >= 0.3 is 0 Å². The lowest BCUT2D eigenvalue weighted by molar-refractivity contribution is -0.0595. The van der Waals surface area contributed by atoms with Gasteiger partial charge < -0.3 is 5.11 Å². The van der Waals surface area contributed by atoms with Gasteiger partial charge in [-0.25, -0.2) is 0 Å². The van der Waals surface area contributed by atoms with E-state index >= 15 is 0 Å². The van der Waals surface area contributed by atoms with Crippen LogP contribution in [0, 0.1) is 6.92 Å². The molecule has 2 aromatic rings. The minimum absolute atomic E-state index is 0.472. The first kappa shape index (κ1) is 15.9. The van der Waals surface area contributed by atoms with Crippen molar-refractivity contribution in [3.63, 3.8) is 0 Å². The van der Waals surface area contributed by atoms with Gasteiger partial charge in [-0.05, 0) is 45.1 Å².